The molecule has 0 aliphatic carbocycles. The van der Waals surface area contributed by atoms with Gasteiger partial charge in [-0.3, -0.25) is 0 Å². The molecular weight excluding hydrogens is 327 g/mol. The summed E-state index contributed by atoms with van der Waals surface area (Å²) in [5.74, 6) is -0.279. The van der Waals surface area contributed by atoms with Crippen molar-refractivity contribution in [2.45, 2.75) is 26.1 Å². The Morgan fingerprint density at radius 3 is 2.54 bits per heavy atom. The van der Waals surface area contributed by atoms with Gasteiger partial charge in [-0.1, -0.05) is 36.3 Å². The third-order valence-electron chi connectivity index (χ3n) is 3.15. The monoisotopic (exact) mass is 339 g/mol. The van der Waals surface area contributed by atoms with E-state index >= 15 is 0 Å². The van der Waals surface area contributed by atoms with E-state index in [0.29, 0.717) is 11.3 Å². The molecule has 0 fully saturated rings. The molecule has 0 aliphatic rings. The zero-order chi connectivity index (χ0) is 17.3. The molecule has 0 N–H and O–H groups in total. The fourth-order valence-corrected chi connectivity index (χ4v) is 2.13. The number of hydrogen-bond donors (Lipinski definition) is 0. The standard InChI is InChI=1S/C15H12F3N3O3/c1-8(2)12-10(7-22-20-12)14-19-13(21-24-14)9-5-3-4-6-11(9)23-15(16,17)18/h3-8H,1-2H3. The lowest BCUT2D eigenvalue weighted by molar-refractivity contribution is -0.274. The van der Waals surface area contributed by atoms with Gasteiger partial charge >= 0.3 is 6.36 Å². The van der Waals surface area contributed by atoms with Crippen LogP contribution in [0.15, 0.2) is 39.6 Å². The fraction of sp³-hybridized carbons (Fsp3) is 0.267. The average molecular weight is 339 g/mol. The van der Waals surface area contributed by atoms with Crippen molar-refractivity contribution in [3.63, 3.8) is 0 Å². The Bertz CT molecular complexity index is 840. The maximum Gasteiger partial charge on any atom is 0.573 e. The number of benzene rings is 1. The minimum atomic E-state index is -4.82. The van der Waals surface area contributed by atoms with Crippen molar-refractivity contribution in [2.24, 2.45) is 0 Å². The predicted octanol–water partition coefficient (Wildman–Crippen LogP) is 4.41. The third-order valence-corrected chi connectivity index (χ3v) is 3.15. The minimum absolute atomic E-state index is 0.0271. The number of para-hydroxylation sites is 1. The summed E-state index contributed by atoms with van der Waals surface area (Å²) in [4.78, 5) is 4.13. The van der Waals surface area contributed by atoms with Crippen molar-refractivity contribution in [3.05, 3.63) is 36.2 Å². The summed E-state index contributed by atoms with van der Waals surface area (Å²) in [7, 11) is 0. The van der Waals surface area contributed by atoms with Crippen molar-refractivity contribution in [1.29, 1.82) is 0 Å². The van der Waals surface area contributed by atoms with Crippen molar-refractivity contribution < 1.29 is 27.0 Å². The quantitative estimate of drug-likeness (QED) is 0.701. The molecule has 0 spiro atoms. The Labute approximate surface area is 134 Å². The van der Waals surface area contributed by atoms with Gasteiger partial charge in [-0.25, -0.2) is 0 Å². The van der Waals surface area contributed by atoms with Crippen LogP contribution in [0.1, 0.15) is 25.5 Å². The van der Waals surface area contributed by atoms with Crippen LogP contribution in [0.4, 0.5) is 13.2 Å². The zero-order valence-electron chi connectivity index (χ0n) is 12.7. The van der Waals surface area contributed by atoms with Gasteiger partial charge in [0.05, 0.1) is 11.3 Å². The van der Waals surface area contributed by atoms with Crippen LogP contribution >= 0.6 is 0 Å². The molecular formula is C15H12F3N3O3. The molecule has 6 nitrogen and oxygen atoms in total. The van der Waals surface area contributed by atoms with Crippen molar-refractivity contribution >= 4 is 0 Å². The third kappa shape index (κ3) is 3.24. The molecule has 0 saturated heterocycles. The van der Waals surface area contributed by atoms with E-state index in [-0.39, 0.29) is 23.2 Å². The van der Waals surface area contributed by atoms with Crippen LogP contribution < -0.4 is 4.74 Å². The number of hydrogen-bond acceptors (Lipinski definition) is 6. The molecule has 0 bridgehead atoms. The molecule has 0 saturated carbocycles. The van der Waals surface area contributed by atoms with Crippen LogP contribution in [0.2, 0.25) is 0 Å². The van der Waals surface area contributed by atoms with Crippen LogP contribution in [0.3, 0.4) is 0 Å². The second-order valence-electron chi connectivity index (χ2n) is 5.24. The summed E-state index contributed by atoms with van der Waals surface area (Å²) in [6, 6.07) is 5.56. The number of alkyl halides is 3. The van der Waals surface area contributed by atoms with Gasteiger partial charge in [0, 0.05) is 0 Å². The molecule has 9 heteroatoms. The van der Waals surface area contributed by atoms with Gasteiger partial charge < -0.3 is 13.8 Å². The SMILES string of the molecule is CC(C)c1nocc1-c1nc(-c2ccccc2OC(F)(F)F)no1. The second-order valence-corrected chi connectivity index (χ2v) is 5.24. The molecule has 3 aromatic rings. The fourth-order valence-electron chi connectivity index (χ4n) is 2.13. The van der Waals surface area contributed by atoms with E-state index in [1.807, 2.05) is 13.8 Å². The van der Waals surface area contributed by atoms with Gasteiger partial charge in [0.25, 0.3) is 5.89 Å². The number of rotatable bonds is 4. The number of nitrogens with zero attached hydrogens (tertiary/aromatic N) is 3. The Morgan fingerprint density at radius 2 is 1.83 bits per heavy atom. The molecule has 2 heterocycles. The first kappa shape index (κ1) is 16.0. The topological polar surface area (TPSA) is 74.2 Å². The van der Waals surface area contributed by atoms with E-state index in [9.17, 15) is 13.2 Å². The smallest absolute Gasteiger partial charge is 0.405 e. The lowest BCUT2D eigenvalue weighted by Crippen LogP contribution is -2.17. The van der Waals surface area contributed by atoms with Gasteiger partial charge in [0.1, 0.15) is 17.6 Å². The molecule has 1 aromatic carbocycles. The van der Waals surface area contributed by atoms with E-state index in [2.05, 4.69) is 20.0 Å². The van der Waals surface area contributed by atoms with Gasteiger partial charge in [-0.05, 0) is 18.1 Å². The highest BCUT2D eigenvalue weighted by atomic mass is 19.4. The summed E-state index contributed by atoms with van der Waals surface area (Å²) < 4.78 is 51.6. The zero-order valence-corrected chi connectivity index (χ0v) is 12.7. The van der Waals surface area contributed by atoms with Crippen LogP contribution in [0, 0.1) is 0 Å². The highest BCUT2D eigenvalue weighted by Gasteiger charge is 2.32. The van der Waals surface area contributed by atoms with Gasteiger partial charge in [0.2, 0.25) is 5.82 Å². The van der Waals surface area contributed by atoms with Crippen molar-refractivity contribution in [3.8, 4) is 28.6 Å². The minimum Gasteiger partial charge on any atom is -0.405 e. The van der Waals surface area contributed by atoms with Gasteiger partial charge in [-0.2, -0.15) is 4.98 Å². The molecule has 2 aromatic heterocycles. The molecule has 126 valence electrons. The Kier molecular flexibility index (Phi) is 4.00. The molecule has 0 amide bonds. The second kappa shape index (κ2) is 5.99. The first-order valence-corrected chi connectivity index (χ1v) is 6.98. The van der Waals surface area contributed by atoms with Gasteiger partial charge in [-0.15, -0.1) is 13.2 Å². The largest absolute Gasteiger partial charge is 0.573 e. The lowest BCUT2D eigenvalue weighted by atomic mass is 10.1. The lowest BCUT2D eigenvalue weighted by Gasteiger charge is -2.10. The summed E-state index contributed by atoms with van der Waals surface area (Å²) in [5.41, 5.74) is 1.18. The van der Waals surface area contributed by atoms with Crippen LogP contribution in [0.25, 0.3) is 22.8 Å². The molecule has 24 heavy (non-hydrogen) atoms. The molecule has 0 unspecified atom stereocenters. The maximum absolute atomic E-state index is 12.5. The summed E-state index contributed by atoms with van der Waals surface area (Å²) in [5, 5.41) is 7.59. The summed E-state index contributed by atoms with van der Waals surface area (Å²) >= 11 is 0. The first-order valence-electron chi connectivity index (χ1n) is 6.98. The Balaban J connectivity index is 1.99. The van der Waals surface area contributed by atoms with Crippen molar-refractivity contribution in [1.82, 2.24) is 15.3 Å². The highest BCUT2D eigenvalue weighted by molar-refractivity contribution is 5.66. The Hall–Kier alpha value is -2.84. The molecule has 0 radical (unpaired) electrons. The summed E-state index contributed by atoms with van der Waals surface area (Å²) in [6.45, 7) is 3.82. The van der Waals surface area contributed by atoms with E-state index in [1.165, 1.54) is 24.5 Å². The number of halogens is 3. The van der Waals surface area contributed by atoms with Gasteiger partial charge in [0.15, 0.2) is 0 Å². The highest BCUT2D eigenvalue weighted by Crippen LogP contribution is 2.34. The van der Waals surface area contributed by atoms with Crippen molar-refractivity contribution in [2.75, 3.05) is 0 Å². The predicted molar refractivity (Wildman–Crippen MR) is 76.0 cm³/mol. The maximum atomic E-state index is 12.5. The number of ether oxygens (including phenoxy) is 1. The van der Waals surface area contributed by atoms with Crippen LogP contribution in [-0.2, 0) is 0 Å². The van der Waals surface area contributed by atoms with E-state index < -0.39 is 12.1 Å². The summed E-state index contributed by atoms with van der Waals surface area (Å²) in [6.07, 6.45) is -3.47. The normalized spacial score (nSPS) is 11.9. The first-order chi connectivity index (χ1) is 11.3. The molecule has 0 aliphatic heterocycles. The van der Waals surface area contributed by atoms with E-state index in [4.69, 9.17) is 9.05 Å². The van der Waals surface area contributed by atoms with Crippen LogP contribution in [0.5, 0.6) is 5.75 Å². The number of aromatic nitrogens is 3. The van der Waals surface area contributed by atoms with Crippen LogP contribution in [-0.4, -0.2) is 21.7 Å². The van der Waals surface area contributed by atoms with E-state index in [0.717, 1.165) is 0 Å². The average Bonchev–Trinajstić information content (AvgIpc) is 3.15. The molecule has 0 atom stereocenters. The van der Waals surface area contributed by atoms with E-state index in [1.54, 1.807) is 6.07 Å². The molecule has 3 rings (SSSR count). The Morgan fingerprint density at radius 1 is 1.08 bits per heavy atom.